The zero-order chi connectivity index (χ0) is 15.6. The Balaban J connectivity index is 0.000000211. The van der Waals surface area contributed by atoms with E-state index in [2.05, 4.69) is 86.5 Å². The van der Waals surface area contributed by atoms with E-state index in [1.165, 1.54) is 24.0 Å². The van der Waals surface area contributed by atoms with Crippen molar-refractivity contribution in [2.45, 2.75) is 30.5 Å². The van der Waals surface area contributed by atoms with Gasteiger partial charge in [-0.2, -0.15) is 0 Å². The normalized spacial score (nSPS) is 15.0. The molecule has 0 amide bonds. The third kappa shape index (κ3) is 7.08. The second-order valence-electron chi connectivity index (χ2n) is 5.40. The molecule has 22 heavy (non-hydrogen) atoms. The Morgan fingerprint density at radius 1 is 0.864 bits per heavy atom. The van der Waals surface area contributed by atoms with Gasteiger partial charge in [-0.3, -0.25) is 0 Å². The van der Waals surface area contributed by atoms with Gasteiger partial charge < -0.3 is 4.74 Å². The lowest BCUT2D eigenvalue weighted by Gasteiger charge is -2.15. The van der Waals surface area contributed by atoms with E-state index < -0.39 is 0 Å². The van der Waals surface area contributed by atoms with Crippen LogP contribution in [0.15, 0.2) is 59.1 Å². The molecule has 1 aliphatic heterocycles. The highest BCUT2D eigenvalue weighted by atomic mass is 79.9. The fourth-order valence-electron chi connectivity index (χ4n) is 2.29. The molecule has 1 aliphatic rings. The van der Waals surface area contributed by atoms with Gasteiger partial charge in [0.25, 0.3) is 0 Å². The first kappa shape index (κ1) is 17.7. The number of hydrogen-bond donors (Lipinski definition) is 0. The fraction of sp³-hybridized carbons (Fsp3) is 0.368. The van der Waals surface area contributed by atoms with Crippen LogP contribution in [0.4, 0.5) is 0 Å². The summed E-state index contributed by atoms with van der Waals surface area (Å²) in [5, 5.41) is 0. The third-order valence-corrected chi connectivity index (χ3v) is 4.99. The lowest BCUT2D eigenvalue weighted by Crippen LogP contribution is -2.14. The third-order valence-electron chi connectivity index (χ3n) is 3.59. The molecule has 2 aromatic rings. The van der Waals surface area contributed by atoms with Gasteiger partial charge in [-0.1, -0.05) is 74.3 Å². The minimum absolute atomic E-state index is 0.723. The predicted molar refractivity (Wildman–Crippen MR) is 101 cm³/mol. The molecular weight excluding hydrogens is 404 g/mol. The van der Waals surface area contributed by atoms with Crippen molar-refractivity contribution in [1.82, 2.24) is 0 Å². The van der Waals surface area contributed by atoms with Gasteiger partial charge in [0.1, 0.15) is 0 Å². The monoisotopic (exact) mass is 424 g/mol. The molecule has 3 rings (SSSR count). The largest absolute Gasteiger partial charge is 0.381 e. The van der Waals surface area contributed by atoms with Crippen LogP contribution in [0.1, 0.15) is 24.0 Å². The predicted octanol–water partition coefficient (Wildman–Crippen LogP) is 5.79. The van der Waals surface area contributed by atoms with E-state index in [-0.39, 0.29) is 0 Å². The van der Waals surface area contributed by atoms with Gasteiger partial charge in [-0.15, -0.1) is 0 Å². The molecule has 0 spiro atoms. The lowest BCUT2D eigenvalue weighted by molar-refractivity contribution is 0.101. The molecule has 2 aromatic carbocycles. The maximum absolute atomic E-state index is 5.11. The van der Waals surface area contributed by atoms with Gasteiger partial charge in [0.05, 0.1) is 0 Å². The Labute approximate surface area is 150 Å². The average molecular weight is 426 g/mol. The van der Waals surface area contributed by atoms with E-state index in [1.807, 2.05) is 0 Å². The van der Waals surface area contributed by atoms with E-state index in [1.54, 1.807) is 0 Å². The second kappa shape index (κ2) is 10.2. The standard InChI is InChI=1S/C14H13Br.C5H9BrO/c15-14-8-4-7-13(11-14)10-9-12-5-2-1-3-6-12;6-5-1-3-7-4-2-5/h1-8,11H,9-10H2;5H,1-4H2. The van der Waals surface area contributed by atoms with Gasteiger partial charge in [-0.05, 0) is 48.9 Å². The highest BCUT2D eigenvalue weighted by molar-refractivity contribution is 9.10. The summed E-state index contributed by atoms with van der Waals surface area (Å²) < 4.78 is 6.27. The molecule has 0 N–H and O–H groups in total. The van der Waals surface area contributed by atoms with E-state index in [0.29, 0.717) is 0 Å². The van der Waals surface area contributed by atoms with Gasteiger partial charge in [0, 0.05) is 22.5 Å². The summed E-state index contributed by atoms with van der Waals surface area (Å²) in [4.78, 5) is 0.723. The molecule has 0 aromatic heterocycles. The number of benzene rings is 2. The fourth-order valence-corrected chi connectivity index (χ4v) is 3.12. The molecule has 0 saturated carbocycles. The van der Waals surface area contributed by atoms with Crippen LogP contribution in [0.3, 0.4) is 0 Å². The quantitative estimate of drug-likeness (QED) is 0.565. The maximum Gasteiger partial charge on any atom is 0.0476 e. The first-order valence-electron chi connectivity index (χ1n) is 7.74. The highest BCUT2D eigenvalue weighted by Gasteiger charge is 2.07. The van der Waals surface area contributed by atoms with Crippen LogP contribution >= 0.6 is 31.9 Å². The van der Waals surface area contributed by atoms with Crippen LogP contribution in [0.5, 0.6) is 0 Å². The Morgan fingerprint density at radius 3 is 2.09 bits per heavy atom. The van der Waals surface area contributed by atoms with Crippen LogP contribution in [0.2, 0.25) is 0 Å². The summed E-state index contributed by atoms with van der Waals surface area (Å²) in [5.41, 5.74) is 2.78. The van der Waals surface area contributed by atoms with Crippen molar-refractivity contribution >= 4 is 31.9 Å². The second-order valence-corrected chi connectivity index (χ2v) is 7.61. The number of alkyl halides is 1. The molecule has 1 nitrogen and oxygen atoms in total. The van der Waals surface area contributed by atoms with Crippen LogP contribution in [0, 0.1) is 0 Å². The molecule has 0 unspecified atom stereocenters. The minimum Gasteiger partial charge on any atom is -0.381 e. The highest BCUT2D eigenvalue weighted by Crippen LogP contribution is 2.14. The molecule has 1 heterocycles. The SMILES string of the molecule is BrC1CCOCC1.Brc1cccc(CCc2ccccc2)c1. The van der Waals surface area contributed by atoms with E-state index in [4.69, 9.17) is 4.74 Å². The van der Waals surface area contributed by atoms with Gasteiger partial charge >= 0.3 is 0 Å². The topological polar surface area (TPSA) is 9.23 Å². The number of aryl methyl sites for hydroxylation is 2. The van der Waals surface area contributed by atoms with Crippen LogP contribution in [-0.2, 0) is 17.6 Å². The molecule has 0 aliphatic carbocycles. The van der Waals surface area contributed by atoms with Crippen molar-refractivity contribution in [3.05, 3.63) is 70.2 Å². The molecule has 0 bridgehead atoms. The first-order valence-corrected chi connectivity index (χ1v) is 9.45. The Bertz CT molecular complexity index is 536. The molecular formula is C19H22Br2O. The van der Waals surface area contributed by atoms with Crippen LogP contribution in [0.25, 0.3) is 0 Å². The van der Waals surface area contributed by atoms with Gasteiger partial charge in [0.2, 0.25) is 0 Å². The lowest BCUT2D eigenvalue weighted by atomic mass is 10.0. The molecule has 3 heteroatoms. The number of ether oxygens (including phenoxy) is 1. The summed E-state index contributed by atoms with van der Waals surface area (Å²) in [6.07, 6.45) is 4.57. The van der Waals surface area contributed by atoms with Crippen molar-refractivity contribution in [3.63, 3.8) is 0 Å². The molecule has 0 atom stereocenters. The maximum atomic E-state index is 5.11. The summed E-state index contributed by atoms with van der Waals surface area (Å²) >= 11 is 7.00. The zero-order valence-electron chi connectivity index (χ0n) is 12.7. The van der Waals surface area contributed by atoms with Crippen molar-refractivity contribution in [3.8, 4) is 0 Å². The van der Waals surface area contributed by atoms with Gasteiger partial charge in [-0.25, -0.2) is 0 Å². The Kier molecular flexibility index (Phi) is 8.21. The van der Waals surface area contributed by atoms with Crippen molar-refractivity contribution in [2.75, 3.05) is 13.2 Å². The number of hydrogen-bond acceptors (Lipinski definition) is 1. The summed E-state index contributed by atoms with van der Waals surface area (Å²) in [6.45, 7) is 1.88. The minimum atomic E-state index is 0.723. The molecule has 1 saturated heterocycles. The summed E-state index contributed by atoms with van der Waals surface area (Å²) in [6, 6.07) is 19.1. The number of rotatable bonds is 3. The Morgan fingerprint density at radius 2 is 1.50 bits per heavy atom. The zero-order valence-corrected chi connectivity index (χ0v) is 15.9. The molecule has 1 fully saturated rings. The van der Waals surface area contributed by atoms with Crippen LogP contribution in [-0.4, -0.2) is 18.0 Å². The van der Waals surface area contributed by atoms with E-state index in [0.717, 1.165) is 35.4 Å². The van der Waals surface area contributed by atoms with E-state index >= 15 is 0 Å². The first-order chi connectivity index (χ1) is 10.7. The smallest absolute Gasteiger partial charge is 0.0476 e. The van der Waals surface area contributed by atoms with Crippen molar-refractivity contribution < 1.29 is 4.74 Å². The van der Waals surface area contributed by atoms with E-state index in [9.17, 15) is 0 Å². The molecule has 0 radical (unpaired) electrons. The van der Waals surface area contributed by atoms with Gasteiger partial charge in [0.15, 0.2) is 0 Å². The van der Waals surface area contributed by atoms with Crippen LogP contribution < -0.4 is 0 Å². The summed E-state index contributed by atoms with van der Waals surface area (Å²) in [5.74, 6) is 0. The number of halogens is 2. The van der Waals surface area contributed by atoms with Crippen molar-refractivity contribution in [1.29, 1.82) is 0 Å². The summed E-state index contributed by atoms with van der Waals surface area (Å²) in [7, 11) is 0. The average Bonchev–Trinajstić information content (AvgIpc) is 2.55. The molecule has 118 valence electrons. The Hall–Kier alpha value is -0.640. The van der Waals surface area contributed by atoms with Crippen molar-refractivity contribution in [2.24, 2.45) is 0 Å².